The molecule has 0 saturated heterocycles. The molecule has 18 heavy (non-hydrogen) atoms. The van der Waals surface area contributed by atoms with Gasteiger partial charge in [-0.2, -0.15) is 0 Å². The highest BCUT2D eigenvalue weighted by Crippen LogP contribution is 2.40. The van der Waals surface area contributed by atoms with E-state index in [4.69, 9.17) is 5.11 Å². The van der Waals surface area contributed by atoms with E-state index < -0.39 is 21.5 Å². The van der Waals surface area contributed by atoms with Crippen LogP contribution in [0.15, 0.2) is 15.7 Å². The Kier molecular flexibility index (Phi) is 3.25. The number of carboxylic acids is 1. The third-order valence-corrected chi connectivity index (χ3v) is 6.19. The van der Waals surface area contributed by atoms with Crippen LogP contribution in [0.3, 0.4) is 0 Å². The number of sulfonamides is 1. The van der Waals surface area contributed by atoms with Crippen LogP contribution in [0.25, 0.3) is 0 Å². The molecule has 0 aromatic carbocycles. The molecule has 1 saturated carbocycles. The van der Waals surface area contributed by atoms with Crippen molar-refractivity contribution in [2.45, 2.75) is 36.4 Å². The van der Waals surface area contributed by atoms with E-state index >= 15 is 0 Å². The predicted octanol–water partition coefficient (Wildman–Crippen LogP) is 1.91. The summed E-state index contributed by atoms with van der Waals surface area (Å²) in [4.78, 5) is 10.7. The monoisotopic (exact) mass is 289 g/mol. The number of nitrogens with one attached hydrogen (secondary N) is 1. The molecule has 2 N–H and O–H groups in total. The van der Waals surface area contributed by atoms with Crippen LogP contribution in [0.1, 0.15) is 37.0 Å². The van der Waals surface area contributed by atoms with Gasteiger partial charge in [0.05, 0.1) is 5.56 Å². The molecule has 0 bridgehead atoms. The van der Waals surface area contributed by atoms with Gasteiger partial charge in [0, 0.05) is 10.9 Å². The highest BCUT2D eigenvalue weighted by Gasteiger charge is 2.40. The molecular formula is C11H15NO4S2. The molecule has 0 aliphatic heterocycles. The molecule has 0 radical (unpaired) electrons. The first kappa shape index (κ1) is 13.5. The quantitative estimate of drug-likeness (QED) is 0.867. The van der Waals surface area contributed by atoms with Crippen LogP contribution in [0, 0.1) is 5.92 Å². The molecule has 1 aromatic rings. The predicted molar refractivity (Wildman–Crippen MR) is 68.4 cm³/mol. The second-order valence-corrected chi connectivity index (χ2v) is 7.88. The summed E-state index contributed by atoms with van der Waals surface area (Å²) in [7, 11) is -3.63. The van der Waals surface area contributed by atoms with Crippen molar-refractivity contribution in [2.24, 2.45) is 5.92 Å². The lowest BCUT2D eigenvalue weighted by molar-refractivity contribution is 0.0697. The number of aromatic carboxylic acids is 1. The Morgan fingerprint density at radius 1 is 1.50 bits per heavy atom. The Balaban J connectivity index is 2.22. The van der Waals surface area contributed by atoms with Gasteiger partial charge in [-0.3, -0.25) is 0 Å². The molecule has 1 aliphatic rings. The summed E-state index contributed by atoms with van der Waals surface area (Å²) in [6, 6.07) is 1.19. The van der Waals surface area contributed by atoms with E-state index in [-0.39, 0.29) is 9.77 Å². The van der Waals surface area contributed by atoms with E-state index in [0.717, 1.165) is 24.2 Å². The first-order valence-corrected chi connectivity index (χ1v) is 7.94. The Morgan fingerprint density at radius 3 is 2.56 bits per heavy atom. The van der Waals surface area contributed by atoms with Gasteiger partial charge in [0.15, 0.2) is 0 Å². The van der Waals surface area contributed by atoms with Crippen LogP contribution in [0.5, 0.6) is 0 Å². The van der Waals surface area contributed by atoms with Crippen molar-refractivity contribution < 1.29 is 18.3 Å². The van der Waals surface area contributed by atoms with E-state index in [1.54, 1.807) is 0 Å². The molecule has 0 unspecified atom stereocenters. The third-order valence-electron chi connectivity index (χ3n) is 3.08. The summed E-state index contributed by atoms with van der Waals surface area (Å²) in [5, 5.41) is 10.1. The summed E-state index contributed by atoms with van der Waals surface area (Å²) >= 11 is 0.926. The second kappa shape index (κ2) is 4.32. The van der Waals surface area contributed by atoms with Gasteiger partial charge in [-0.05, 0) is 38.7 Å². The molecular weight excluding hydrogens is 274 g/mol. The largest absolute Gasteiger partial charge is 0.478 e. The molecule has 0 spiro atoms. The number of hydrogen-bond donors (Lipinski definition) is 2. The smallest absolute Gasteiger partial charge is 0.336 e. The van der Waals surface area contributed by atoms with Crippen LogP contribution in [-0.4, -0.2) is 25.0 Å². The molecule has 7 heteroatoms. The topological polar surface area (TPSA) is 83.5 Å². The minimum Gasteiger partial charge on any atom is -0.478 e. The van der Waals surface area contributed by atoms with Gasteiger partial charge in [-0.25, -0.2) is 17.9 Å². The van der Waals surface area contributed by atoms with Crippen molar-refractivity contribution in [3.8, 4) is 0 Å². The first-order chi connectivity index (χ1) is 8.22. The first-order valence-electron chi connectivity index (χ1n) is 5.58. The zero-order valence-corrected chi connectivity index (χ0v) is 11.8. The molecule has 5 nitrogen and oxygen atoms in total. The normalized spacial score (nSPS) is 16.8. The highest BCUT2D eigenvalue weighted by atomic mass is 32.2. The average molecular weight is 289 g/mol. The maximum atomic E-state index is 12.1. The summed E-state index contributed by atoms with van der Waals surface area (Å²) in [6.45, 7) is 3.71. The highest BCUT2D eigenvalue weighted by molar-refractivity contribution is 7.91. The lowest BCUT2D eigenvalue weighted by Gasteiger charge is -2.25. The van der Waals surface area contributed by atoms with Gasteiger partial charge in [-0.1, -0.05) is 0 Å². The maximum Gasteiger partial charge on any atom is 0.336 e. The fourth-order valence-corrected chi connectivity index (χ4v) is 4.48. The van der Waals surface area contributed by atoms with Crippen molar-refractivity contribution in [1.29, 1.82) is 0 Å². The minimum absolute atomic E-state index is 0.00426. The van der Waals surface area contributed by atoms with Crippen molar-refractivity contribution in [3.63, 3.8) is 0 Å². The van der Waals surface area contributed by atoms with Crippen LogP contribution in [0.4, 0.5) is 0 Å². The molecule has 0 atom stereocenters. The molecule has 1 aliphatic carbocycles. The van der Waals surface area contributed by atoms with E-state index in [1.807, 2.05) is 13.8 Å². The summed E-state index contributed by atoms with van der Waals surface area (Å²) in [5.41, 5.74) is -0.476. The third kappa shape index (κ3) is 2.73. The SMILES string of the molecule is CC(C)(NS(=O)(=O)c1cc(C(=O)O)cs1)C1CC1. The van der Waals surface area contributed by atoms with Crippen molar-refractivity contribution in [2.75, 3.05) is 0 Å². The summed E-state index contributed by atoms with van der Waals surface area (Å²) < 4.78 is 26.9. The number of thiophene rings is 1. The number of hydrogen-bond acceptors (Lipinski definition) is 4. The molecule has 0 amide bonds. The van der Waals surface area contributed by atoms with Crippen molar-refractivity contribution >= 4 is 27.3 Å². The van der Waals surface area contributed by atoms with Crippen LogP contribution in [-0.2, 0) is 10.0 Å². The fraction of sp³-hybridized carbons (Fsp3) is 0.545. The van der Waals surface area contributed by atoms with Crippen molar-refractivity contribution in [3.05, 3.63) is 17.0 Å². The van der Waals surface area contributed by atoms with Gasteiger partial charge in [0.2, 0.25) is 0 Å². The minimum atomic E-state index is -3.63. The maximum absolute atomic E-state index is 12.1. The van der Waals surface area contributed by atoms with E-state index in [0.29, 0.717) is 5.92 Å². The Hall–Kier alpha value is -0.920. The second-order valence-electron chi connectivity index (χ2n) is 5.06. The summed E-state index contributed by atoms with van der Waals surface area (Å²) in [5.74, 6) is -0.750. The van der Waals surface area contributed by atoms with Crippen molar-refractivity contribution in [1.82, 2.24) is 4.72 Å². The van der Waals surface area contributed by atoms with Gasteiger partial charge < -0.3 is 5.11 Å². The van der Waals surface area contributed by atoms with Gasteiger partial charge >= 0.3 is 5.97 Å². The molecule has 2 rings (SSSR count). The Morgan fingerprint density at radius 2 is 2.11 bits per heavy atom. The van der Waals surface area contributed by atoms with Gasteiger partial charge in [-0.15, -0.1) is 11.3 Å². The Bertz CT molecular complexity index is 570. The van der Waals surface area contributed by atoms with Gasteiger partial charge in [0.25, 0.3) is 10.0 Å². The van der Waals surface area contributed by atoms with E-state index in [1.165, 1.54) is 11.4 Å². The lowest BCUT2D eigenvalue weighted by atomic mass is 10.0. The zero-order chi connectivity index (χ0) is 13.6. The fourth-order valence-electron chi connectivity index (χ4n) is 1.85. The van der Waals surface area contributed by atoms with Crippen LogP contribution in [0.2, 0.25) is 0 Å². The number of carbonyl (C=O) groups is 1. The molecule has 1 heterocycles. The summed E-state index contributed by atoms with van der Waals surface area (Å²) in [6.07, 6.45) is 2.06. The van der Waals surface area contributed by atoms with Gasteiger partial charge in [0.1, 0.15) is 4.21 Å². The van der Waals surface area contributed by atoms with Crippen LogP contribution >= 0.6 is 11.3 Å². The van der Waals surface area contributed by atoms with E-state index in [9.17, 15) is 13.2 Å². The lowest BCUT2D eigenvalue weighted by Crippen LogP contribution is -2.44. The molecule has 1 aromatic heterocycles. The van der Waals surface area contributed by atoms with E-state index in [2.05, 4.69) is 4.72 Å². The molecule has 1 fully saturated rings. The Labute approximate surface area is 110 Å². The van der Waals surface area contributed by atoms with Crippen LogP contribution < -0.4 is 4.72 Å². The molecule has 100 valence electrons. The standard InChI is InChI=1S/C11H15NO4S2/c1-11(2,8-3-4-8)12-18(15,16)9-5-7(6-17-9)10(13)14/h5-6,8,12H,3-4H2,1-2H3,(H,13,14). The number of carboxylic acid groups (broad SMARTS) is 1. The average Bonchev–Trinajstić information content (AvgIpc) is 2.94. The zero-order valence-electron chi connectivity index (χ0n) is 10.1. The number of rotatable bonds is 5.